The van der Waals surface area contributed by atoms with E-state index in [0.717, 1.165) is 0 Å². The Labute approximate surface area is 116 Å². The van der Waals surface area contributed by atoms with Crippen LogP contribution in [0.3, 0.4) is 0 Å². The molecule has 108 valence electrons. The molecule has 2 N–H and O–H groups in total. The van der Waals surface area contributed by atoms with Gasteiger partial charge in [-0.25, -0.2) is 14.4 Å². The second-order valence-corrected chi connectivity index (χ2v) is 4.71. The molecule has 1 aromatic carbocycles. The van der Waals surface area contributed by atoms with Crippen molar-refractivity contribution in [1.29, 1.82) is 0 Å². The molecule has 0 saturated heterocycles. The molecular weight excluding hydrogens is 262 g/mol. The molecule has 0 aliphatic carbocycles. The van der Waals surface area contributed by atoms with Gasteiger partial charge in [-0.15, -0.1) is 0 Å². The first kappa shape index (κ1) is 15.7. The third-order valence-electron chi connectivity index (χ3n) is 2.49. The fraction of sp³-hybridized carbons (Fsp3) is 0.357. The molecule has 20 heavy (non-hydrogen) atoms. The normalized spacial score (nSPS) is 11.8. The van der Waals surface area contributed by atoms with E-state index in [1.54, 1.807) is 18.2 Å². The van der Waals surface area contributed by atoms with E-state index in [1.807, 2.05) is 13.8 Å². The minimum absolute atomic E-state index is 0.0845. The molecule has 0 spiro atoms. The topological polar surface area (TPSA) is 92.7 Å². The van der Waals surface area contributed by atoms with Gasteiger partial charge in [-0.2, -0.15) is 0 Å². The molecule has 0 heterocycles. The van der Waals surface area contributed by atoms with Crippen LogP contribution in [-0.2, 0) is 9.53 Å². The van der Waals surface area contributed by atoms with E-state index in [9.17, 15) is 14.4 Å². The number of rotatable bonds is 5. The minimum atomic E-state index is -1.16. The molecule has 0 unspecified atom stereocenters. The van der Waals surface area contributed by atoms with E-state index >= 15 is 0 Å². The van der Waals surface area contributed by atoms with E-state index in [-0.39, 0.29) is 17.9 Å². The number of hydrogen-bond acceptors (Lipinski definition) is 4. The molecule has 1 aromatic rings. The fourth-order valence-electron chi connectivity index (χ4n) is 1.58. The Morgan fingerprint density at radius 1 is 1.20 bits per heavy atom. The van der Waals surface area contributed by atoms with E-state index in [2.05, 4.69) is 10.1 Å². The number of nitrogens with one attached hydrogen (secondary N) is 1. The number of hydrogen-bond donors (Lipinski definition) is 2. The molecule has 0 bridgehead atoms. The number of carbonyl (C=O) groups excluding carboxylic acids is 2. The van der Waals surface area contributed by atoms with Crippen molar-refractivity contribution in [1.82, 2.24) is 5.32 Å². The quantitative estimate of drug-likeness (QED) is 0.635. The Balaban J connectivity index is 2.58. The van der Waals surface area contributed by atoms with Crippen LogP contribution in [0.5, 0.6) is 0 Å². The predicted octanol–water partition coefficient (Wildman–Crippen LogP) is 2.05. The van der Waals surface area contributed by atoms with Gasteiger partial charge < -0.3 is 15.2 Å². The second-order valence-electron chi connectivity index (χ2n) is 4.71. The highest BCUT2D eigenvalue weighted by Crippen LogP contribution is 2.06. The smallest absolute Gasteiger partial charge is 0.415 e. The van der Waals surface area contributed by atoms with E-state index in [1.165, 1.54) is 12.1 Å². The van der Waals surface area contributed by atoms with Gasteiger partial charge in [0, 0.05) is 0 Å². The molecule has 0 saturated carbocycles. The first-order chi connectivity index (χ1) is 9.40. The van der Waals surface area contributed by atoms with E-state index in [0.29, 0.717) is 0 Å². The van der Waals surface area contributed by atoms with Crippen LogP contribution in [0.25, 0.3) is 0 Å². The van der Waals surface area contributed by atoms with Crippen LogP contribution < -0.4 is 5.32 Å². The van der Waals surface area contributed by atoms with Crippen LogP contribution in [0.1, 0.15) is 30.6 Å². The summed E-state index contributed by atoms with van der Waals surface area (Å²) in [5.74, 6) is -1.90. The minimum Gasteiger partial charge on any atom is -0.480 e. The highest BCUT2D eigenvalue weighted by Gasteiger charge is 2.23. The van der Waals surface area contributed by atoms with Gasteiger partial charge in [0.15, 0.2) is 0 Å². The number of benzene rings is 1. The average molecular weight is 279 g/mol. The Kier molecular flexibility index (Phi) is 5.71. The number of alkyl carbamates (subject to hydrolysis) is 1. The summed E-state index contributed by atoms with van der Waals surface area (Å²) >= 11 is 0. The maximum atomic E-state index is 11.6. The van der Waals surface area contributed by atoms with Gasteiger partial charge in [0.25, 0.3) is 0 Å². The molecule has 1 rings (SSSR count). The summed E-state index contributed by atoms with van der Waals surface area (Å²) in [5, 5.41) is 11.1. The lowest BCUT2D eigenvalue weighted by atomic mass is 10.0. The summed E-state index contributed by atoms with van der Waals surface area (Å²) in [6.07, 6.45) is -0.809. The molecule has 0 aliphatic heterocycles. The molecule has 1 amide bonds. The molecule has 1 atom stereocenters. The predicted molar refractivity (Wildman–Crippen MR) is 71.3 cm³/mol. The Hall–Kier alpha value is -2.37. The van der Waals surface area contributed by atoms with Crippen molar-refractivity contribution < 1.29 is 24.2 Å². The van der Waals surface area contributed by atoms with Gasteiger partial charge in [-0.3, -0.25) is 0 Å². The third-order valence-corrected chi connectivity index (χ3v) is 2.49. The van der Waals surface area contributed by atoms with Crippen molar-refractivity contribution in [2.45, 2.75) is 26.3 Å². The SMILES string of the molecule is CC(C)C[C@@H](NC(=O)OC(=O)c1ccccc1)C(=O)O. The van der Waals surface area contributed by atoms with Crippen LogP contribution in [0.2, 0.25) is 0 Å². The molecule has 0 radical (unpaired) electrons. The number of esters is 1. The molecule has 0 fully saturated rings. The van der Waals surface area contributed by atoms with Gasteiger partial charge in [0.1, 0.15) is 6.04 Å². The zero-order valence-corrected chi connectivity index (χ0v) is 11.3. The summed E-state index contributed by atoms with van der Waals surface area (Å²) in [5.41, 5.74) is 0.221. The maximum absolute atomic E-state index is 11.6. The Morgan fingerprint density at radius 3 is 2.30 bits per heavy atom. The number of ether oxygens (including phenoxy) is 1. The highest BCUT2D eigenvalue weighted by molar-refractivity contribution is 5.97. The first-order valence-corrected chi connectivity index (χ1v) is 6.20. The monoisotopic (exact) mass is 279 g/mol. The lowest BCUT2D eigenvalue weighted by Gasteiger charge is -2.15. The van der Waals surface area contributed by atoms with Crippen molar-refractivity contribution in [2.24, 2.45) is 5.92 Å². The van der Waals surface area contributed by atoms with Crippen molar-refractivity contribution in [3.8, 4) is 0 Å². The first-order valence-electron chi connectivity index (χ1n) is 6.20. The maximum Gasteiger partial charge on any atom is 0.415 e. The van der Waals surface area contributed by atoms with Crippen LogP contribution >= 0.6 is 0 Å². The van der Waals surface area contributed by atoms with Crippen LogP contribution in [-0.4, -0.2) is 29.2 Å². The lowest BCUT2D eigenvalue weighted by Crippen LogP contribution is -2.42. The zero-order chi connectivity index (χ0) is 15.1. The van der Waals surface area contributed by atoms with Gasteiger partial charge in [0.2, 0.25) is 0 Å². The molecule has 0 aromatic heterocycles. The zero-order valence-electron chi connectivity index (χ0n) is 11.3. The van der Waals surface area contributed by atoms with Crippen molar-refractivity contribution in [2.75, 3.05) is 0 Å². The summed E-state index contributed by atoms with van der Waals surface area (Å²) in [4.78, 5) is 34.1. The van der Waals surface area contributed by atoms with Crippen molar-refractivity contribution in [3.63, 3.8) is 0 Å². The fourth-order valence-corrected chi connectivity index (χ4v) is 1.58. The van der Waals surface area contributed by atoms with E-state index in [4.69, 9.17) is 5.11 Å². The van der Waals surface area contributed by atoms with E-state index < -0.39 is 24.1 Å². The number of carboxylic acid groups (broad SMARTS) is 1. The van der Waals surface area contributed by atoms with Crippen LogP contribution in [0, 0.1) is 5.92 Å². The second kappa shape index (κ2) is 7.28. The third kappa shape index (κ3) is 5.09. The lowest BCUT2D eigenvalue weighted by molar-refractivity contribution is -0.139. The highest BCUT2D eigenvalue weighted by atomic mass is 16.6. The number of carboxylic acids is 1. The van der Waals surface area contributed by atoms with Gasteiger partial charge >= 0.3 is 18.0 Å². The van der Waals surface area contributed by atoms with Crippen molar-refractivity contribution >= 4 is 18.0 Å². The summed E-state index contributed by atoms with van der Waals surface area (Å²) in [6, 6.07) is 6.91. The summed E-state index contributed by atoms with van der Waals surface area (Å²) in [6.45, 7) is 3.66. The molecular formula is C14H17NO5. The molecule has 6 heteroatoms. The number of aliphatic carboxylic acids is 1. The van der Waals surface area contributed by atoms with Gasteiger partial charge in [-0.05, 0) is 24.5 Å². The summed E-state index contributed by atoms with van der Waals surface area (Å²) < 4.78 is 4.55. The largest absolute Gasteiger partial charge is 0.480 e. The van der Waals surface area contributed by atoms with Crippen LogP contribution in [0.4, 0.5) is 4.79 Å². The summed E-state index contributed by atoms with van der Waals surface area (Å²) in [7, 11) is 0. The average Bonchev–Trinajstić information content (AvgIpc) is 2.38. The van der Waals surface area contributed by atoms with Gasteiger partial charge in [-0.1, -0.05) is 32.0 Å². The Bertz CT molecular complexity index is 484. The number of amides is 1. The standard InChI is InChI=1S/C14H17NO5/c1-9(2)8-11(12(16)17)15-14(19)20-13(18)10-6-4-3-5-7-10/h3-7,9,11H,8H2,1-2H3,(H,15,19)(H,16,17)/t11-/m1/s1. The number of carbonyl (C=O) groups is 3. The van der Waals surface area contributed by atoms with Gasteiger partial charge in [0.05, 0.1) is 5.56 Å². The van der Waals surface area contributed by atoms with Crippen molar-refractivity contribution in [3.05, 3.63) is 35.9 Å². The Morgan fingerprint density at radius 2 is 1.80 bits per heavy atom. The molecule has 6 nitrogen and oxygen atoms in total. The van der Waals surface area contributed by atoms with Crippen LogP contribution in [0.15, 0.2) is 30.3 Å². The molecule has 0 aliphatic rings.